The number of hydrogen-bond acceptors (Lipinski definition) is 2. The number of benzene rings is 1. The summed E-state index contributed by atoms with van der Waals surface area (Å²) < 4.78 is 15.5. The Hall–Kier alpha value is -1.42. The van der Waals surface area contributed by atoms with Gasteiger partial charge in [0.2, 0.25) is 0 Å². The molecule has 1 fully saturated rings. The molecule has 1 saturated heterocycles. The van der Waals surface area contributed by atoms with Gasteiger partial charge in [0.1, 0.15) is 5.82 Å². The largest absolute Gasteiger partial charge is 0.317 e. The van der Waals surface area contributed by atoms with E-state index in [4.69, 9.17) is 0 Å². The normalized spacial score (nSPS) is 18.1. The van der Waals surface area contributed by atoms with Gasteiger partial charge in [-0.1, -0.05) is 6.07 Å². The van der Waals surface area contributed by atoms with Crippen LogP contribution in [0.25, 0.3) is 10.9 Å². The van der Waals surface area contributed by atoms with Gasteiger partial charge in [-0.15, -0.1) is 0 Å². The first-order valence-corrected chi connectivity index (χ1v) is 5.69. The van der Waals surface area contributed by atoms with Crippen molar-refractivity contribution in [2.45, 2.75) is 18.9 Å². The zero-order valence-corrected chi connectivity index (χ0v) is 8.99. The van der Waals surface area contributed by atoms with Crippen molar-refractivity contribution < 1.29 is 4.39 Å². The Bertz CT molecular complexity index is 500. The standard InChI is InChI=1S/C12H14FN3/c13-11-2-1-3-12-10(11)8-15-16(12)9-4-6-14-7-5-9/h1-3,8-9,14H,4-7H2. The molecule has 4 heteroatoms. The van der Waals surface area contributed by atoms with E-state index in [-0.39, 0.29) is 5.82 Å². The summed E-state index contributed by atoms with van der Waals surface area (Å²) in [6.07, 6.45) is 3.76. The van der Waals surface area contributed by atoms with Gasteiger partial charge in [-0.25, -0.2) is 4.39 Å². The van der Waals surface area contributed by atoms with Crippen LogP contribution < -0.4 is 5.32 Å². The SMILES string of the molecule is Fc1cccc2c1cnn2C1CCNCC1. The van der Waals surface area contributed by atoms with Crippen LogP contribution in [-0.2, 0) is 0 Å². The molecule has 0 aliphatic carbocycles. The van der Waals surface area contributed by atoms with Crippen molar-refractivity contribution in [3.63, 3.8) is 0 Å². The summed E-state index contributed by atoms with van der Waals surface area (Å²) in [4.78, 5) is 0. The first kappa shape index (κ1) is 9.78. The highest BCUT2D eigenvalue weighted by atomic mass is 19.1. The van der Waals surface area contributed by atoms with Crippen molar-refractivity contribution >= 4 is 10.9 Å². The summed E-state index contributed by atoms with van der Waals surface area (Å²) in [5.41, 5.74) is 0.909. The first-order valence-electron chi connectivity index (χ1n) is 5.69. The summed E-state index contributed by atoms with van der Waals surface area (Å²) >= 11 is 0. The summed E-state index contributed by atoms with van der Waals surface area (Å²) in [6, 6.07) is 5.57. The van der Waals surface area contributed by atoms with Gasteiger partial charge in [0.25, 0.3) is 0 Å². The molecule has 0 atom stereocenters. The Balaban J connectivity index is 2.06. The molecule has 2 heterocycles. The van der Waals surface area contributed by atoms with Crippen molar-refractivity contribution in [1.82, 2.24) is 15.1 Å². The molecule has 0 spiro atoms. The van der Waals surface area contributed by atoms with E-state index < -0.39 is 0 Å². The average molecular weight is 219 g/mol. The van der Waals surface area contributed by atoms with E-state index in [9.17, 15) is 4.39 Å². The number of nitrogens with zero attached hydrogens (tertiary/aromatic N) is 2. The highest BCUT2D eigenvalue weighted by molar-refractivity contribution is 5.79. The number of piperidine rings is 1. The fraction of sp³-hybridized carbons (Fsp3) is 0.417. The van der Waals surface area contributed by atoms with E-state index in [1.807, 2.05) is 10.7 Å². The van der Waals surface area contributed by atoms with Gasteiger partial charge >= 0.3 is 0 Å². The molecule has 0 bridgehead atoms. The summed E-state index contributed by atoms with van der Waals surface area (Å²) in [5, 5.41) is 8.28. The quantitative estimate of drug-likeness (QED) is 0.796. The molecular weight excluding hydrogens is 205 g/mol. The zero-order valence-electron chi connectivity index (χ0n) is 8.99. The molecule has 0 saturated carbocycles. The summed E-state index contributed by atoms with van der Waals surface area (Å²) in [5.74, 6) is -0.183. The van der Waals surface area contributed by atoms with Crippen LogP contribution in [0.2, 0.25) is 0 Å². The molecule has 3 rings (SSSR count). The molecule has 0 unspecified atom stereocenters. The Morgan fingerprint density at radius 2 is 2.12 bits per heavy atom. The van der Waals surface area contributed by atoms with Crippen LogP contribution in [0.3, 0.4) is 0 Å². The van der Waals surface area contributed by atoms with E-state index in [1.165, 1.54) is 6.07 Å². The van der Waals surface area contributed by atoms with Crippen molar-refractivity contribution in [3.05, 3.63) is 30.2 Å². The van der Waals surface area contributed by atoms with Gasteiger partial charge < -0.3 is 5.32 Å². The first-order chi connectivity index (χ1) is 7.86. The Labute approximate surface area is 93.3 Å². The van der Waals surface area contributed by atoms with E-state index in [0.29, 0.717) is 11.4 Å². The Kier molecular flexibility index (Phi) is 2.36. The van der Waals surface area contributed by atoms with Crippen LogP contribution in [-0.4, -0.2) is 22.9 Å². The molecule has 84 valence electrons. The molecule has 3 nitrogen and oxygen atoms in total. The van der Waals surface area contributed by atoms with Gasteiger partial charge in [0.05, 0.1) is 23.1 Å². The smallest absolute Gasteiger partial charge is 0.134 e. The van der Waals surface area contributed by atoms with E-state index >= 15 is 0 Å². The lowest BCUT2D eigenvalue weighted by atomic mass is 10.1. The molecule has 1 aliphatic rings. The van der Waals surface area contributed by atoms with Gasteiger partial charge in [-0.2, -0.15) is 5.10 Å². The molecule has 1 N–H and O–H groups in total. The van der Waals surface area contributed by atoms with Crippen molar-refractivity contribution in [2.75, 3.05) is 13.1 Å². The molecule has 1 aliphatic heterocycles. The average Bonchev–Trinajstić information content (AvgIpc) is 2.75. The van der Waals surface area contributed by atoms with Gasteiger partial charge in [-0.05, 0) is 38.1 Å². The molecule has 0 radical (unpaired) electrons. The molecule has 0 amide bonds. The third-order valence-electron chi connectivity index (χ3n) is 3.24. The minimum absolute atomic E-state index is 0.183. The third kappa shape index (κ3) is 1.50. The fourth-order valence-electron chi connectivity index (χ4n) is 2.38. The Morgan fingerprint density at radius 3 is 2.94 bits per heavy atom. The molecule has 2 aromatic rings. The second kappa shape index (κ2) is 3.87. The topological polar surface area (TPSA) is 29.9 Å². The fourth-order valence-corrected chi connectivity index (χ4v) is 2.38. The lowest BCUT2D eigenvalue weighted by molar-refractivity contribution is 0.351. The summed E-state index contributed by atoms with van der Waals surface area (Å²) in [7, 11) is 0. The number of aromatic nitrogens is 2. The highest BCUT2D eigenvalue weighted by Crippen LogP contribution is 2.24. The second-order valence-electron chi connectivity index (χ2n) is 4.24. The van der Waals surface area contributed by atoms with Crippen LogP contribution >= 0.6 is 0 Å². The highest BCUT2D eigenvalue weighted by Gasteiger charge is 2.18. The number of halogens is 1. The lowest BCUT2D eigenvalue weighted by Gasteiger charge is -2.23. The van der Waals surface area contributed by atoms with Crippen LogP contribution in [0.5, 0.6) is 0 Å². The van der Waals surface area contributed by atoms with E-state index in [2.05, 4.69) is 10.4 Å². The minimum Gasteiger partial charge on any atom is -0.317 e. The number of nitrogens with one attached hydrogen (secondary N) is 1. The number of hydrogen-bond donors (Lipinski definition) is 1. The lowest BCUT2D eigenvalue weighted by Crippen LogP contribution is -2.29. The minimum atomic E-state index is -0.183. The zero-order chi connectivity index (χ0) is 11.0. The maximum absolute atomic E-state index is 13.5. The van der Waals surface area contributed by atoms with Crippen LogP contribution in [0, 0.1) is 5.82 Å². The maximum atomic E-state index is 13.5. The molecule has 1 aromatic heterocycles. The van der Waals surface area contributed by atoms with Crippen LogP contribution in [0.15, 0.2) is 24.4 Å². The second-order valence-corrected chi connectivity index (χ2v) is 4.24. The third-order valence-corrected chi connectivity index (χ3v) is 3.24. The summed E-state index contributed by atoms with van der Waals surface area (Å²) in [6.45, 7) is 2.03. The van der Waals surface area contributed by atoms with E-state index in [0.717, 1.165) is 31.4 Å². The maximum Gasteiger partial charge on any atom is 0.134 e. The molecule has 1 aromatic carbocycles. The predicted molar refractivity (Wildman–Crippen MR) is 60.8 cm³/mol. The monoisotopic (exact) mass is 219 g/mol. The number of rotatable bonds is 1. The predicted octanol–water partition coefficient (Wildman–Crippen LogP) is 2.10. The van der Waals surface area contributed by atoms with Crippen LogP contribution in [0.4, 0.5) is 4.39 Å². The molecule has 16 heavy (non-hydrogen) atoms. The van der Waals surface area contributed by atoms with Gasteiger partial charge in [-0.3, -0.25) is 4.68 Å². The Morgan fingerprint density at radius 1 is 1.31 bits per heavy atom. The van der Waals surface area contributed by atoms with E-state index in [1.54, 1.807) is 12.3 Å². The van der Waals surface area contributed by atoms with Crippen molar-refractivity contribution in [2.24, 2.45) is 0 Å². The van der Waals surface area contributed by atoms with Crippen molar-refractivity contribution in [1.29, 1.82) is 0 Å². The van der Waals surface area contributed by atoms with Gasteiger partial charge in [0, 0.05) is 0 Å². The van der Waals surface area contributed by atoms with Crippen LogP contribution in [0.1, 0.15) is 18.9 Å². The molecular formula is C12H14FN3. The van der Waals surface area contributed by atoms with Gasteiger partial charge in [0.15, 0.2) is 0 Å². The number of fused-ring (bicyclic) bond motifs is 1. The van der Waals surface area contributed by atoms with Crippen molar-refractivity contribution in [3.8, 4) is 0 Å².